The summed E-state index contributed by atoms with van der Waals surface area (Å²) in [7, 11) is 1.89. The minimum absolute atomic E-state index is 0.0452. The van der Waals surface area contributed by atoms with E-state index in [4.69, 9.17) is 21.1 Å². The van der Waals surface area contributed by atoms with Crippen LogP contribution in [-0.4, -0.2) is 78.0 Å². The second-order valence-corrected chi connectivity index (χ2v) is 16.0. The summed E-state index contributed by atoms with van der Waals surface area (Å²) in [6.45, 7) is 11.2. The Hall–Kier alpha value is -5.22. The summed E-state index contributed by atoms with van der Waals surface area (Å²) in [6.07, 6.45) is 1.98. The summed E-state index contributed by atoms with van der Waals surface area (Å²) < 4.78 is 13.4. The van der Waals surface area contributed by atoms with Crippen molar-refractivity contribution in [3.05, 3.63) is 106 Å². The number of phenols is 1. The third kappa shape index (κ3) is 5.82. The second-order valence-electron chi connectivity index (χ2n) is 15.6. The van der Waals surface area contributed by atoms with Gasteiger partial charge in [0.25, 0.3) is 0 Å². The van der Waals surface area contributed by atoms with Gasteiger partial charge in [-0.1, -0.05) is 36.7 Å². The van der Waals surface area contributed by atoms with Crippen molar-refractivity contribution in [3.8, 4) is 17.2 Å². The summed E-state index contributed by atoms with van der Waals surface area (Å²) in [6, 6.07) is 22.3. The Bertz CT molecular complexity index is 2180. The first-order chi connectivity index (χ1) is 25.8. The number of benzene rings is 4. The highest BCUT2D eigenvalue weighted by Gasteiger charge is 2.54. The van der Waals surface area contributed by atoms with Gasteiger partial charge in [0.15, 0.2) is 5.60 Å². The van der Waals surface area contributed by atoms with Crippen LogP contribution in [0.3, 0.4) is 0 Å². The number of fused-ring (bicyclic) bond motifs is 7. The van der Waals surface area contributed by atoms with Crippen molar-refractivity contribution in [2.45, 2.75) is 64.0 Å². The average Bonchev–Trinajstić information content (AvgIpc) is 3.44. The number of amides is 2. The van der Waals surface area contributed by atoms with E-state index in [1.807, 2.05) is 59.3 Å². The molecule has 0 aliphatic carbocycles. The van der Waals surface area contributed by atoms with Gasteiger partial charge in [-0.15, -0.1) is 0 Å². The second kappa shape index (κ2) is 13.3. The first-order valence-corrected chi connectivity index (χ1v) is 19.0. The minimum atomic E-state index is -1.29. The molecule has 4 aliphatic rings. The van der Waals surface area contributed by atoms with E-state index in [1.165, 1.54) is 0 Å². The maximum atomic E-state index is 13.7. The fraction of sp³-hybridized carbons (Fsp3) is 0.372. The lowest BCUT2D eigenvalue weighted by atomic mass is 9.74. The molecule has 2 unspecified atom stereocenters. The molecule has 11 heteroatoms. The third-order valence-electron chi connectivity index (χ3n) is 11.7. The van der Waals surface area contributed by atoms with Crippen molar-refractivity contribution in [1.82, 2.24) is 9.80 Å². The molecule has 4 aliphatic heterocycles. The first-order valence-electron chi connectivity index (χ1n) is 18.7. The Balaban J connectivity index is 1.18. The van der Waals surface area contributed by atoms with Crippen LogP contribution in [0.15, 0.2) is 72.8 Å². The van der Waals surface area contributed by atoms with E-state index in [0.717, 1.165) is 34.5 Å². The molecule has 0 aromatic heterocycles. The van der Waals surface area contributed by atoms with E-state index in [9.17, 15) is 19.5 Å². The van der Waals surface area contributed by atoms with E-state index in [-0.39, 0.29) is 29.0 Å². The van der Waals surface area contributed by atoms with E-state index < -0.39 is 11.6 Å². The Morgan fingerprint density at radius 2 is 1.59 bits per heavy atom. The topological polar surface area (TPSA) is 103 Å². The Kier molecular flexibility index (Phi) is 8.79. The van der Waals surface area contributed by atoms with E-state index in [0.29, 0.717) is 78.9 Å². The number of esters is 1. The molecule has 8 rings (SSSR count). The largest absolute Gasteiger partial charge is 0.508 e. The molecule has 54 heavy (non-hydrogen) atoms. The molecule has 2 atom stereocenters. The van der Waals surface area contributed by atoms with Gasteiger partial charge >= 0.3 is 5.97 Å². The third-order valence-corrected chi connectivity index (χ3v) is 12.0. The molecule has 4 aromatic rings. The van der Waals surface area contributed by atoms with Crippen LogP contribution in [0.2, 0.25) is 5.02 Å². The number of hydrogen-bond acceptors (Lipinski definition) is 8. The highest BCUT2D eigenvalue weighted by molar-refractivity contribution is 6.33. The summed E-state index contributed by atoms with van der Waals surface area (Å²) in [5.41, 5.74) is 4.78. The SMILES string of the molecule is CC(=O)N1CCN(C(=O)CCCN2c3cc4c(cc3C(C)CC2(C)C)C2(OC(=O)c3ccccc32)c2cc(Cl)c(N(C)c3ccc(O)cc3)cc2O4)CC1. The summed E-state index contributed by atoms with van der Waals surface area (Å²) in [5, 5.41) is 10.3. The predicted octanol–water partition coefficient (Wildman–Crippen LogP) is 7.94. The van der Waals surface area contributed by atoms with Gasteiger partial charge in [-0.05, 0) is 80.6 Å². The molecule has 0 radical (unpaired) electrons. The van der Waals surface area contributed by atoms with Crippen LogP contribution in [0.5, 0.6) is 17.2 Å². The fourth-order valence-corrected chi connectivity index (χ4v) is 9.26. The Morgan fingerprint density at radius 1 is 0.926 bits per heavy atom. The molecule has 0 bridgehead atoms. The van der Waals surface area contributed by atoms with Gasteiger partial charge in [0.1, 0.15) is 17.2 Å². The van der Waals surface area contributed by atoms with E-state index in [1.54, 1.807) is 30.0 Å². The lowest BCUT2D eigenvalue weighted by Crippen LogP contribution is -2.51. The molecular weight excluding hydrogens is 704 g/mol. The smallest absolute Gasteiger partial charge is 0.340 e. The van der Waals surface area contributed by atoms with Gasteiger partial charge in [0.2, 0.25) is 11.8 Å². The molecule has 2 amide bonds. The van der Waals surface area contributed by atoms with Crippen LogP contribution in [0, 0.1) is 0 Å². The number of halogens is 1. The molecule has 0 saturated carbocycles. The lowest BCUT2D eigenvalue weighted by Gasteiger charge is -2.49. The number of ether oxygens (including phenoxy) is 2. The van der Waals surface area contributed by atoms with Crippen LogP contribution >= 0.6 is 11.6 Å². The maximum absolute atomic E-state index is 13.7. The summed E-state index contributed by atoms with van der Waals surface area (Å²) in [5.74, 6) is 1.20. The zero-order valence-corrected chi connectivity index (χ0v) is 32.1. The van der Waals surface area contributed by atoms with Gasteiger partial charge in [-0.25, -0.2) is 4.79 Å². The zero-order chi connectivity index (χ0) is 38.1. The van der Waals surface area contributed by atoms with Crippen LogP contribution in [0.1, 0.15) is 85.5 Å². The van der Waals surface area contributed by atoms with Crippen molar-refractivity contribution in [2.24, 2.45) is 0 Å². The normalized spacial score (nSPS) is 20.7. The zero-order valence-electron chi connectivity index (χ0n) is 31.3. The lowest BCUT2D eigenvalue weighted by molar-refractivity contribution is -0.138. The number of phenolic OH excluding ortho intramolecular Hbond substituents is 1. The van der Waals surface area contributed by atoms with Crippen molar-refractivity contribution in [1.29, 1.82) is 0 Å². The number of anilines is 3. The van der Waals surface area contributed by atoms with Crippen LogP contribution in [-0.2, 0) is 19.9 Å². The molecular formula is C43H45ClN4O6. The number of rotatable bonds is 6. The quantitative estimate of drug-likeness (QED) is 0.198. The molecule has 1 fully saturated rings. The van der Waals surface area contributed by atoms with Crippen molar-refractivity contribution < 1.29 is 29.0 Å². The highest BCUT2D eigenvalue weighted by Crippen LogP contribution is 2.60. The average molecular weight is 749 g/mol. The van der Waals surface area contributed by atoms with Gasteiger partial charge in [0.05, 0.1) is 16.3 Å². The van der Waals surface area contributed by atoms with Crippen LogP contribution in [0.4, 0.5) is 17.1 Å². The molecule has 1 N–H and O–H groups in total. The molecule has 4 heterocycles. The van der Waals surface area contributed by atoms with Crippen molar-refractivity contribution >= 4 is 46.4 Å². The predicted molar refractivity (Wildman–Crippen MR) is 208 cm³/mol. The first kappa shape index (κ1) is 35.8. The van der Waals surface area contributed by atoms with Gasteiger partial charge in [-0.3, -0.25) is 9.59 Å². The van der Waals surface area contributed by atoms with Gasteiger partial charge in [-0.2, -0.15) is 0 Å². The number of piperazine rings is 1. The molecule has 1 saturated heterocycles. The minimum Gasteiger partial charge on any atom is -0.508 e. The highest BCUT2D eigenvalue weighted by atomic mass is 35.5. The number of hydrogen-bond donors (Lipinski definition) is 1. The Labute approximate surface area is 320 Å². The Morgan fingerprint density at radius 3 is 2.31 bits per heavy atom. The van der Waals surface area contributed by atoms with E-state index in [2.05, 4.69) is 37.8 Å². The monoisotopic (exact) mass is 748 g/mol. The standard InChI is InChI=1S/C43H45ClN4O6/c1-26-25-42(3,4)48(16-8-11-40(51)47-19-17-46(18-20-47)27(2)49)36-23-38-33(21-31(26)36)43(32-10-7-6-9-30(32)41(52)54-43)34-22-35(44)37(24-39(34)53-38)45(5)28-12-14-29(50)15-13-28/h6-7,9-10,12-15,21-24,26,50H,8,11,16-20,25H2,1-5H3. The number of carbonyl (C=O) groups is 3. The number of carbonyl (C=O) groups excluding carboxylic acids is 3. The molecule has 1 spiro atoms. The van der Waals surface area contributed by atoms with Crippen molar-refractivity contribution in [2.75, 3.05) is 49.6 Å². The van der Waals surface area contributed by atoms with Crippen molar-refractivity contribution in [3.63, 3.8) is 0 Å². The molecule has 280 valence electrons. The van der Waals surface area contributed by atoms with Crippen LogP contribution < -0.4 is 14.5 Å². The molecule has 4 aromatic carbocycles. The fourth-order valence-electron chi connectivity index (χ4n) is 8.97. The van der Waals surface area contributed by atoms with Crippen LogP contribution in [0.25, 0.3) is 0 Å². The van der Waals surface area contributed by atoms with E-state index >= 15 is 0 Å². The summed E-state index contributed by atoms with van der Waals surface area (Å²) in [4.78, 5) is 46.7. The maximum Gasteiger partial charge on any atom is 0.340 e. The van der Waals surface area contributed by atoms with Gasteiger partial charge in [0, 0.05) is 98.9 Å². The number of aromatic hydroxyl groups is 1. The summed E-state index contributed by atoms with van der Waals surface area (Å²) >= 11 is 7.08. The molecule has 10 nitrogen and oxygen atoms in total. The number of nitrogens with zero attached hydrogens (tertiary/aromatic N) is 4. The van der Waals surface area contributed by atoms with Gasteiger partial charge < -0.3 is 34.2 Å².